The fourth-order valence-electron chi connectivity index (χ4n) is 3.19. The lowest BCUT2D eigenvalue weighted by atomic mass is 10.1. The van der Waals surface area contributed by atoms with Gasteiger partial charge in [0.25, 0.3) is 0 Å². The number of aryl methyl sites for hydroxylation is 1. The van der Waals surface area contributed by atoms with Crippen molar-refractivity contribution in [3.05, 3.63) is 29.3 Å². The highest BCUT2D eigenvalue weighted by molar-refractivity contribution is 14.0. The Balaban J connectivity index is 0.00000450. The van der Waals surface area contributed by atoms with Gasteiger partial charge in [0.15, 0.2) is 5.96 Å². The Morgan fingerprint density at radius 1 is 1.23 bits per heavy atom. The summed E-state index contributed by atoms with van der Waals surface area (Å²) in [7, 11) is -1.30. The SMILES string of the molecule is CCNC(=NCc1ccc(C)cc1OCCCOC)NCC1(CS(C)(=O)=O)CC1.I. The van der Waals surface area contributed by atoms with Crippen molar-refractivity contribution in [1.82, 2.24) is 10.6 Å². The van der Waals surface area contributed by atoms with Gasteiger partial charge >= 0.3 is 0 Å². The van der Waals surface area contributed by atoms with Gasteiger partial charge in [-0.1, -0.05) is 12.1 Å². The molecule has 0 amide bonds. The van der Waals surface area contributed by atoms with E-state index >= 15 is 0 Å². The van der Waals surface area contributed by atoms with Gasteiger partial charge in [0.05, 0.1) is 18.9 Å². The maximum absolute atomic E-state index is 11.7. The molecule has 1 saturated carbocycles. The molecule has 0 aliphatic heterocycles. The number of benzene rings is 1. The third kappa shape index (κ3) is 9.82. The average Bonchev–Trinajstić information content (AvgIpc) is 3.40. The minimum Gasteiger partial charge on any atom is -0.493 e. The Morgan fingerprint density at radius 3 is 2.57 bits per heavy atom. The molecule has 7 nitrogen and oxygen atoms in total. The van der Waals surface area contributed by atoms with E-state index in [-0.39, 0.29) is 35.1 Å². The summed E-state index contributed by atoms with van der Waals surface area (Å²) < 4.78 is 34.3. The molecule has 172 valence electrons. The highest BCUT2D eigenvalue weighted by atomic mass is 127. The highest BCUT2D eigenvalue weighted by Crippen LogP contribution is 2.46. The Bertz CT molecular complexity index is 795. The number of ether oxygens (including phenoxy) is 2. The second kappa shape index (κ2) is 12.7. The first-order valence-corrected chi connectivity index (χ1v) is 12.2. The number of rotatable bonds is 12. The molecule has 30 heavy (non-hydrogen) atoms. The minimum absolute atomic E-state index is 0. The fraction of sp³-hybridized carbons (Fsp3) is 0.667. The number of methoxy groups -OCH3 is 1. The normalized spacial score (nSPS) is 15.3. The molecule has 0 spiro atoms. The van der Waals surface area contributed by atoms with Crippen molar-refractivity contribution in [3.63, 3.8) is 0 Å². The topological polar surface area (TPSA) is 89.0 Å². The van der Waals surface area contributed by atoms with Crippen molar-refractivity contribution in [2.75, 3.05) is 45.4 Å². The molecule has 1 fully saturated rings. The number of guanidine groups is 1. The van der Waals surface area contributed by atoms with Crippen LogP contribution < -0.4 is 15.4 Å². The molecule has 1 aliphatic rings. The zero-order valence-corrected chi connectivity index (χ0v) is 21.6. The van der Waals surface area contributed by atoms with E-state index in [9.17, 15) is 8.42 Å². The second-order valence-corrected chi connectivity index (χ2v) is 10.1. The Labute approximate surface area is 198 Å². The average molecular weight is 554 g/mol. The summed E-state index contributed by atoms with van der Waals surface area (Å²) in [4.78, 5) is 4.69. The van der Waals surface area contributed by atoms with Gasteiger partial charge in [-0.15, -0.1) is 24.0 Å². The van der Waals surface area contributed by atoms with Gasteiger partial charge in [0.2, 0.25) is 0 Å². The maximum Gasteiger partial charge on any atom is 0.191 e. The predicted octanol–water partition coefficient (Wildman–Crippen LogP) is 2.91. The standard InChI is InChI=1S/C21H35N3O4S.HI/c1-5-22-20(24-15-21(9-10-21)16-29(4,25)26)23-14-18-8-7-17(2)13-19(18)28-12-6-11-27-3;/h7-8,13H,5-6,9-12,14-16H2,1-4H3,(H2,22,23,24);1H. The predicted molar refractivity (Wildman–Crippen MR) is 133 cm³/mol. The van der Waals surface area contributed by atoms with Crippen LogP contribution in [0.4, 0.5) is 0 Å². The zero-order valence-electron chi connectivity index (χ0n) is 18.5. The Morgan fingerprint density at radius 2 is 1.97 bits per heavy atom. The van der Waals surface area contributed by atoms with Crippen LogP contribution in [-0.2, 0) is 21.1 Å². The molecule has 0 bridgehead atoms. The van der Waals surface area contributed by atoms with Gasteiger partial charge in [-0.3, -0.25) is 0 Å². The summed E-state index contributed by atoms with van der Waals surface area (Å²) >= 11 is 0. The molecule has 0 atom stereocenters. The first kappa shape index (κ1) is 27.0. The van der Waals surface area contributed by atoms with Gasteiger partial charge in [-0.2, -0.15) is 0 Å². The number of hydrogen-bond acceptors (Lipinski definition) is 5. The van der Waals surface area contributed by atoms with E-state index in [0.717, 1.165) is 42.7 Å². The van der Waals surface area contributed by atoms with Crippen LogP contribution in [-0.4, -0.2) is 59.8 Å². The fourth-order valence-corrected chi connectivity index (χ4v) is 4.70. The molecular formula is C21H36IN3O4S. The summed E-state index contributed by atoms with van der Waals surface area (Å²) in [6, 6.07) is 6.13. The van der Waals surface area contributed by atoms with Crippen molar-refractivity contribution in [2.24, 2.45) is 10.4 Å². The number of aliphatic imine (C=N–C) groups is 1. The monoisotopic (exact) mass is 553 g/mol. The first-order chi connectivity index (χ1) is 13.8. The lowest BCUT2D eigenvalue weighted by molar-refractivity contribution is 0.172. The van der Waals surface area contributed by atoms with E-state index in [0.29, 0.717) is 32.3 Å². The van der Waals surface area contributed by atoms with Crippen molar-refractivity contribution in [3.8, 4) is 5.75 Å². The lowest BCUT2D eigenvalue weighted by Crippen LogP contribution is -2.41. The summed E-state index contributed by atoms with van der Waals surface area (Å²) in [5.41, 5.74) is 2.01. The molecule has 0 radical (unpaired) electrons. The van der Waals surface area contributed by atoms with Gasteiger partial charge < -0.3 is 20.1 Å². The van der Waals surface area contributed by atoms with Crippen LogP contribution in [0.1, 0.15) is 37.3 Å². The van der Waals surface area contributed by atoms with E-state index < -0.39 is 9.84 Å². The third-order valence-electron chi connectivity index (χ3n) is 4.88. The molecule has 0 unspecified atom stereocenters. The third-order valence-corrected chi connectivity index (χ3v) is 6.02. The van der Waals surface area contributed by atoms with E-state index in [1.165, 1.54) is 6.26 Å². The first-order valence-electron chi connectivity index (χ1n) is 10.2. The molecule has 0 aromatic heterocycles. The van der Waals surface area contributed by atoms with Crippen LogP contribution in [0.3, 0.4) is 0 Å². The van der Waals surface area contributed by atoms with Gasteiger partial charge in [-0.25, -0.2) is 13.4 Å². The van der Waals surface area contributed by atoms with Gasteiger partial charge in [0.1, 0.15) is 15.6 Å². The number of nitrogens with zero attached hydrogens (tertiary/aromatic N) is 1. The molecule has 2 N–H and O–H groups in total. The molecule has 1 aliphatic carbocycles. The maximum atomic E-state index is 11.7. The number of nitrogens with one attached hydrogen (secondary N) is 2. The molecule has 0 heterocycles. The Hall–Kier alpha value is -1.07. The van der Waals surface area contributed by atoms with Gasteiger partial charge in [-0.05, 0) is 38.3 Å². The second-order valence-electron chi connectivity index (χ2n) is 7.92. The van der Waals surface area contributed by atoms with Crippen LogP contribution in [0.25, 0.3) is 0 Å². The number of halogens is 1. The molecule has 1 aromatic rings. The number of sulfone groups is 1. The van der Waals surface area contributed by atoms with Crippen molar-refractivity contribution < 1.29 is 17.9 Å². The van der Waals surface area contributed by atoms with Crippen molar-refractivity contribution in [2.45, 2.75) is 39.7 Å². The van der Waals surface area contributed by atoms with Crippen molar-refractivity contribution >= 4 is 39.8 Å². The van der Waals surface area contributed by atoms with Crippen LogP contribution in [0.5, 0.6) is 5.75 Å². The molecule has 0 saturated heterocycles. The molecule has 2 rings (SSSR count). The highest BCUT2D eigenvalue weighted by Gasteiger charge is 2.45. The quantitative estimate of drug-likeness (QED) is 0.179. The van der Waals surface area contributed by atoms with E-state index in [2.05, 4.69) is 21.7 Å². The van der Waals surface area contributed by atoms with E-state index in [4.69, 9.17) is 9.47 Å². The van der Waals surface area contributed by atoms with Gasteiger partial charge in [0, 0.05) is 50.5 Å². The van der Waals surface area contributed by atoms with Crippen LogP contribution in [0.2, 0.25) is 0 Å². The molecular weight excluding hydrogens is 517 g/mol. The summed E-state index contributed by atoms with van der Waals surface area (Å²) in [6.07, 6.45) is 4.01. The van der Waals surface area contributed by atoms with E-state index in [1.807, 2.05) is 26.0 Å². The summed E-state index contributed by atoms with van der Waals surface area (Å²) in [5.74, 6) is 1.76. The summed E-state index contributed by atoms with van der Waals surface area (Å²) in [6.45, 7) is 7.14. The minimum atomic E-state index is -2.98. The molecule has 1 aromatic carbocycles. The van der Waals surface area contributed by atoms with Crippen LogP contribution in [0.15, 0.2) is 23.2 Å². The van der Waals surface area contributed by atoms with Crippen LogP contribution >= 0.6 is 24.0 Å². The lowest BCUT2D eigenvalue weighted by Gasteiger charge is -2.18. The smallest absolute Gasteiger partial charge is 0.191 e. The van der Waals surface area contributed by atoms with Crippen molar-refractivity contribution in [1.29, 1.82) is 0 Å². The zero-order chi connectivity index (χ0) is 21.3. The van der Waals surface area contributed by atoms with E-state index in [1.54, 1.807) is 7.11 Å². The molecule has 9 heteroatoms. The largest absolute Gasteiger partial charge is 0.493 e. The number of hydrogen-bond donors (Lipinski definition) is 2. The Kier molecular flexibility index (Phi) is 11.4. The van der Waals surface area contributed by atoms with Crippen LogP contribution in [0, 0.1) is 12.3 Å². The summed E-state index contributed by atoms with van der Waals surface area (Å²) in [5, 5.41) is 6.56.